The summed E-state index contributed by atoms with van der Waals surface area (Å²) < 4.78 is 12.3. The molecule has 0 N–H and O–H groups in total. The average molecular weight is 975 g/mol. The van der Waals surface area contributed by atoms with Gasteiger partial charge >= 0.3 is 0 Å². The molecule has 0 radical (unpaired) electrons. The molecule has 5 heterocycles. The molecule has 0 bridgehead atoms. The second kappa shape index (κ2) is 15.3. The number of hydrogen-bond donors (Lipinski definition) is 0. The first kappa shape index (κ1) is 40.6. The molecule has 342 valence electrons. The van der Waals surface area contributed by atoms with Crippen LogP contribution in [-0.4, -0.2) is 6.71 Å². The van der Waals surface area contributed by atoms with Crippen LogP contribution in [0.4, 0.5) is 34.1 Å². The second-order valence-corrected chi connectivity index (χ2v) is 22.1. The van der Waals surface area contributed by atoms with E-state index in [4.69, 9.17) is 4.42 Å². The number of para-hydroxylation sites is 2. The lowest BCUT2D eigenvalue weighted by atomic mass is 9.33. The Morgan fingerprint density at radius 3 is 1.45 bits per heavy atom. The van der Waals surface area contributed by atoms with Gasteiger partial charge in [0, 0.05) is 85.0 Å². The lowest BCUT2D eigenvalue weighted by molar-refractivity contribution is 0.671. The molecule has 12 aromatic carbocycles. The summed E-state index contributed by atoms with van der Waals surface area (Å²) in [7, 11) is 0. The highest BCUT2D eigenvalue weighted by Gasteiger charge is 2.45. The smallest absolute Gasteiger partial charge is 0.257 e. The largest absolute Gasteiger partial charge is 0.457 e. The first-order valence-electron chi connectivity index (χ1n) is 25.3. The maximum absolute atomic E-state index is 7.21. The summed E-state index contributed by atoms with van der Waals surface area (Å²) in [6.07, 6.45) is 0. The van der Waals surface area contributed by atoms with Gasteiger partial charge in [-0.25, -0.2) is 0 Å². The summed E-state index contributed by atoms with van der Waals surface area (Å²) in [5.41, 5.74) is 17.1. The van der Waals surface area contributed by atoms with Crippen LogP contribution < -0.4 is 26.2 Å². The molecule has 74 heavy (non-hydrogen) atoms. The van der Waals surface area contributed by atoms with Crippen molar-refractivity contribution in [3.63, 3.8) is 0 Å². The molecule has 0 saturated heterocycles. The van der Waals surface area contributed by atoms with Crippen LogP contribution in [0.2, 0.25) is 0 Å². The van der Waals surface area contributed by atoms with Crippen molar-refractivity contribution in [2.24, 2.45) is 0 Å². The third-order valence-electron chi connectivity index (χ3n) is 16.0. The summed E-state index contributed by atoms with van der Waals surface area (Å²) >= 11 is 3.75. The predicted octanol–water partition coefficient (Wildman–Crippen LogP) is 18.0. The van der Waals surface area contributed by atoms with Crippen molar-refractivity contribution in [3.05, 3.63) is 237 Å². The minimum atomic E-state index is -0.145. The number of thiophene rings is 2. The van der Waals surface area contributed by atoms with Gasteiger partial charge < -0.3 is 14.2 Å². The van der Waals surface area contributed by atoms with E-state index in [-0.39, 0.29) is 6.71 Å². The highest BCUT2D eigenvalue weighted by atomic mass is 32.1. The highest BCUT2D eigenvalue weighted by molar-refractivity contribution is 7.26. The second-order valence-electron chi connectivity index (χ2n) is 19.9. The summed E-state index contributed by atoms with van der Waals surface area (Å²) in [6.45, 7) is -0.145. The standard InChI is InChI=1S/C68H39BN2OS2/c1-3-16-42-34-44(30-28-40(42)14-1)50-38-64-52(47-19-6-11-26-62(47)73-64)36-59(50)70-55-22-9-8-21-54(55)69-66-56(70)23-13-24-57(66)71(58-33-32-49-46-18-5-10-25-61(46)72-68(49)67(58)69)60-37-53-48-20-7-12-27-63(48)74-65(53)39-51(60)45-31-29-41-15-2-4-17-43(41)35-45/h1-39H. The quantitative estimate of drug-likeness (QED) is 0.164. The van der Waals surface area contributed by atoms with Crippen LogP contribution in [0.25, 0.3) is 106 Å². The van der Waals surface area contributed by atoms with Crippen molar-refractivity contribution in [1.29, 1.82) is 0 Å². The van der Waals surface area contributed by atoms with Crippen LogP contribution in [0, 0.1) is 0 Å². The molecule has 17 rings (SSSR count). The maximum Gasteiger partial charge on any atom is 0.257 e. The summed E-state index contributed by atoms with van der Waals surface area (Å²) in [6, 6.07) is 88.3. The van der Waals surface area contributed by atoms with Crippen molar-refractivity contribution in [1.82, 2.24) is 0 Å². The van der Waals surface area contributed by atoms with E-state index in [1.54, 1.807) is 0 Å². The third-order valence-corrected chi connectivity index (χ3v) is 18.3. The zero-order valence-corrected chi connectivity index (χ0v) is 41.3. The Kier molecular flexibility index (Phi) is 8.40. The summed E-state index contributed by atoms with van der Waals surface area (Å²) in [5, 5.41) is 12.2. The normalized spacial score (nSPS) is 13.1. The lowest BCUT2D eigenvalue weighted by Gasteiger charge is -2.44. The van der Waals surface area contributed by atoms with Gasteiger partial charge in [-0.2, -0.15) is 0 Å². The van der Waals surface area contributed by atoms with Crippen LogP contribution in [0.3, 0.4) is 0 Å². The van der Waals surface area contributed by atoms with E-state index in [2.05, 4.69) is 246 Å². The maximum atomic E-state index is 7.21. The Hall–Kier alpha value is -8.94. The fraction of sp³-hybridized carbons (Fsp3) is 0. The first-order valence-corrected chi connectivity index (χ1v) is 27.0. The van der Waals surface area contributed by atoms with Crippen molar-refractivity contribution in [2.75, 3.05) is 9.80 Å². The molecular formula is C68H39BN2OS2. The third kappa shape index (κ3) is 5.72. The number of furan rings is 1. The van der Waals surface area contributed by atoms with Gasteiger partial charge in [0.25, 0.3) is 6.71 Å². The molecule has 0 atom stereocenters. The van der Waals surface area contributed by atoms with Gasteiger partial charge in [0.2, 0.25) is 0 Å². The van der Waals surface area contributed by atoms with Gasteiger partial charge in [-0.3, -0.25) is 0 Å². The molecule has 0 amide bonds. The fourth-order valence-electron chi connectivity index (χ4n) is 12.7. The van der Waals surface area contributed by atoms with E-state index in [1.165, 1.54) is 106 Å². The minimum absolute atomic E-state index is 0.145. The van der Waals surface area contributed by atoms with Gasteiger partial charge in [-0.1, -0.05) is 152 Å². The van der Waals surface area contributed by atoms with Crippen LogP contribution >= 0.6 is 22.7 Å². The number of benzene rings is 12. The van der Waals surface area contributed by atoms with Gasteiger partial charge in [-0.15, -0.1) is 22.7 Å². The van der Waals surface area contributed by atoms with Crippen LogP contribution in [0.1, 0.15) is 0 Å². The van der Waals surface area contributed by atoms with Gasteiger partial charge in [-0.05, 0) is 134 Å². The molecular weight excluding hydrogens is 936 g/mol. The molecule has 0 saturated carbocycles. The molecule has 15 aromatic rings. The fourth-order valence-corrected chi connectivity index (χ4v) is 15.0. The Bertz CT molecular complexity index is 4890. The molecule has 2 aliphatic heterocycles. The zero-order chi connectivity index (χ0) is 48.2. The van der Waals surface area contributed by atoms with Crippen molar-refractivity contribution in [3.8, 4) is 22.3 Å². The molecule has 0 spiro atoms. The minimum Gasteiger partial charge on any atom is -0.457 e. The summed E-state index contributed by atoms with van der Waals surface area (Å²) in [4.78, 5) is 5.17. The molecule has 6 heteroatoms. The number of rotatable bonds is 4. The van der Waals surface area contributed by atoms with E-state index in [9.17, 15) is 0 Å². The van der Waals surface area contributed by atoms with Gasteiger partial charge in [0.05, 0.1) is 11.4 Å². The van der Waals surface area contributed by atoms with Crippen LogP contribution in [0.5, 0.6) is 0 Å². The molecule has 3 aromatic heterocycles. The van der Waals surface area contributed by atoms with Crippen molar-refractivity contribution >= 4 is 164 Å². The predicted molar refractivity (Wildman–Crippen MR) is 319 cm³/mol. The number of anilines is 6. The molecule has 0 fully saturated rings. The average Bonchev–Trinajstić information content (AvgIpc) is 4.15. The monoisotopic (exact) mass is 974 g/mol. The van der Waals surface area contributed by atoms with E-state index in [0.29, 0.717) is 0 Å². The van der Waals surface area contributed by atoms with Crippen LogP contribution in [-0.2, 0) is 0 Å². The van der Waals surface area contributed by atoms with E-state index in [0.717, 1.165) is 50.4 Å². The lowest BCUT2D eigenvalue weighted by Crippen LogP contribution is -2.61. The Morgan fingerprint density at radius 1 is 0.311 bits per heavy atom. The SMILES string of the molecule is c1ccc2c(c1)B1c3c(cccc3N(c3cc4c(cc3-c3ccc5ccccc5c3)sc3ccccc34)c3ccc4c(oc5ccccc54)c31)N2c1cc2c(cc1-c1ccc3ccccc3c1)sc1ccccc12. The van der Waals surface area contributed by atoms with Gasteiger partial charge in [0.1, 0.15) is 11.2 Å². The topological polar surface area (TPSA) is 19.6 Å². The Balaban J connectivity index is 1.00. The summed E-state index contributed by atoms with van der Waals surface area (Å²) in [5.74, 6) is 0. The number of hydrogen-bond acceptors (Lipinski definition) is 5. The Labute approximate surface area is 434 Å². The van der Waals surface area contributed by atoms with E-state index >= 15 is 0 Å². The van der Waals surface area contributed by atoms with Crippen molar-refractivity contribution < 1.29 is 4.42 Å². The molecule has 3 nitrogen and oxygen atoms in total. The highest BCUT2D eigenvalue weighted by Crippen LogP contribution is 2.52. The number of fused-ring (bicyclic) bond motifs is 16. The first-order chi connectivity index (χ1) is 36.7. The van der Waals surface area contributed by atoms with E-state index in [1.807, 2.05) is 22.7 Å². The zero-order valence-electron chi connectivity index (χ0n) is 39.7. The van der Waals surface area contributed by atoms with E-state index < -0.39 is 0 Å². The van der Waals surface area contributed by atoms with Crippen LogP contribution in [0.15, 0.2) is 241 Å². The Morgan fingerprint density at radius 2 is 0.811 bits per heavy atom. The molecule has 2 aliphatic rings. The molecule has 0 aliphatic carbocycles. The molecule has 0 unspecified atom stereocenters. The number of nitrogens with zero attached hydrogens (tertiary/aromatic N) is 2. The van der Waals surface area contributed by atoms with Gasteiger partial charge in [0.15, 0.2) is 0 Å². The van der Waals surface area contributed by atoms with Crippen molar-refractivity contribution in [2.45, 2.75) is 0 Å².